The van der Waals surface area contributed by atoms with Gasteiger partial charge in [0.1, 0.15) is 5.75 Å². The molecule has 0 heterocycles. The molecule has 0 saturated carbocycles. The predicted octanol–water partition coefficient (Wildman–Crippen LogP) is 3.77. The number of aromatic hydroxyl groups is 1. The van der Waals surface area contributed by atoms with E-state index in [0.29, 0.717) is 5.75 Å². The Balaban J connectivity index is 0.000000697. The number of carboxylic acid groups (broad SMARTS) is 1. The summed E-state index contributed by atoms with van der Waals surface area (Å²) in [5, 5.41) is 23.2. The first kappa shape index (κ1) is 24.6. The Morgan fingerprint density at radius 2 is 1.18 bits per heavy atom. The van der Waals surface area contributed by atoms with Crippen molar-refractivity contribution in [3.05, 3.63) is 78.9 Å². The van der Waals surface area contributed by atoms with Gasteiger partial charge in [-0.3, -0.25) is 10.2 Å². The van der Waals surface area contributed by atoms with Crippen LogP contribution in [0.4, 0.5) is 0 Å². The van der Waals surface area contributed by atoms with Crippen LogP contribution in [0.15, 0.2) is 78.9 Å². The molecule has 3 aromatic carbocycles. The number of phenols is 1. The molecule has 148 valence electrons. The van der Waals surface area contributed by atoms with Gasteiger partial charge in [-0.15, -0.1) is 0 Å². The average molecular weight is 400 g/mol. The van der Waals surface area contributed by atoms with Crippen molar-refractivity contribution in [2.45, 2.75) is 6.92 Å². The first-order valence-corrected chi connectivity index (χ1v) is 8.04. The zero-order valence-corrected chi connectivity index (χ0v) is 16.5. The fourth-order valence-electron chi connectivity index (χ4n) is 2.26. The van der Waals surface area contributed by atoms with Crippen molar-refractivity contribution in [1.29, 1.82) is 5.41 Å². The van der Waals surface area contributed by atoms with Gasteiger partial charge >= 0.3 is 0 Å². The molecule has 0 radical (unpaired) electrons. The number of phenolic OH excluding ortho intramolecular Hbond substituents is 1. The van der Waals surface area contributed by atoms with Crippen molar-refractivity contribution >= 4 is 25.4 Å². The molecule has 0 aromatic heterocycles. The Bertz CT molecular complexity index is 853. The highest BCUT2D eigenvalue weighted by Gasteiger charge is 2.07. The van der Waals surface area contributed by atoms with Gasteiger partial charge in [0.05, 0.1) is 0 Å². The molecule has 7 N–H and O–H groups in total. The smallest absolute Gasteiger partial charge is 0.300 e. The lowest BCUT2D eigenvalue weighted by Gasteiger charge is -2.10. The molecule has 3 aromatic rings. The van der Waals surface area contributed by atoms with E-state index in [0.717, 1.165) is 29.2 Å². The molecule has 6 nitrogen and oxygen atoms in total. The van der Waals surface area contributed by atoms with Crippen molar-refractivity contribution in [3.63, 3.8) is 0 Å². The van der Waals surface area contributed by atoms with Crippen LogP contribution in [0.1, 0.15) is 6.92 Å². The van der Waals surface area contributed by atoms with E-state index in [1.807, 2.05) is 48.5 Å². The number of hydrogen-bond acceptors (Lipinski definition) is 3. The van der Waals surface area contributed by atoms with Crippen molar-refractivity contribution < 1.29 is 15.0 Å². The minimum Gasteiger partial charge on any atom is -0.508 e. The van der Waals surface area contributed by atoms with E-state index in [9.17, 15) is 5.11 Å². The summed E-state index contributed by atoms with van der Waals surface area (Å²) in [5.74, 6) is -0.876. The summed E-state index contributed by atoms with van der Waals surface area (Å²) in [6.45, 7) is 1.08. The monoisotopic (exact) mass is 399 g/mol. The molecule has 0 unspecified atom stereocenters. The highest BCUT2D eigenvalue weighted by Crippen LogP contribution is 2.34. The van der Waals surface area contributed by atoms with Gasteiger partial charge in [-0.2, -0.15) is 13.5 Å². The lowest BCUT2D eigenvalue weighted by molar-refractivity contribution is -0.134. The third kappa shape index (κ3) is 9.30. The molecule has 0 fully saturated rings. The van der Waals surface area contributed by atoms with E-state index in [1.54, 1.807) is 6.07 Å². The molecule has 0 aliphatic heterocycles. The van der Waals surface area contributed by atoms with Crippen LogP contribution in [0.2, 0.25) is 0 Å². The Morgan fingerprint density at radius 1 is 0.821 bits per heavy atom. The number of benzene rings is 3. The Labute approximate surface area is 171 Å². The second-order valence-electron chi connectivity index (χ2n) is 5.44. The fourth-order valence-corrected chi connectivity index (χ4v) is 2.26. The quantitative estimate of drug-likeness (QED) is 0.330. The maximum Gasteiger partial charge on any atom is 0.300 e. The summed E-state index contributed by atoms with van der Waals surface area (Å²) in [6, 6.07) is 25.9. The number of aliphatic carboxylic acids is 1. The molecule has 7 heteroatoms. The van der Waals surface area contributed by atoms with Crippen LogP contribution in [0.25, 0.3) is 22.3 Å². The van der Waals surface area contributed by atoms with Gasteiger partial charge in [-0.1, -0.05) is 66.7 Å². The van der Waals surface area contributed by atoms with Crippen LogP contribution in [-0.4, -0.2) is 22.1 Å². The number of rotatable bonds is 2. The lowest BCUT2D eigenvalue weighted by atomic mass is 9.94. The minimum absolute atomic E-state index is 0. The second kappa shape index (κ2) is 12.8. The van der Waals surface area contributed by atoms with Crippen LogP contribution in [0.3, 0.4) is 0 Å². The average Bonchev–Trinajstić information content (AvgIpc) is 2.62. The molecule has 0 saturated heterocycles. The summed E-state index contributed by atoms with van der Waals surface area (Å²) in [4.78, 5) is 9.00. The number of nitrogens with one attached hydrogen (secondary N) is 1. The van der Waals surface area contributed by atoms with Gasteiger partial charge in [0.2, 0.25) is 0 Å². The predicted molar refractivity (Wildman–Crippen MR) is 119 cm³/mol. The Kier molecular flexibility index (Phi) is 11.3. The number of carboxylic acids is 1. The van der Waals surface area contributed by atoms with Crippen LogP contribution in [0.5, 0.6) is 5.75 Å². The van der Waals surface area contributed by atoms with E-state index in [1.165, 1.54) is 0 Å². The molecule has 0 bridgehead atoms. The molecule has 0 aliphatic carbocycles. The third-order valence-corrected chi connectivity index (χ3v) is 3.17. The van der Waals surface area contributed by atoms with Crippen LogP contribution in [-0.2, 0) is 4.79 Å². The fraction of sp³-hybridized carbons (Fsp3) is 0.0476. The standard InChI is InChI=1S/C18H14O.C2H4O2.CH5N3.H2S/c19-16-11-12-17(14-7-3-1-4-8-14)18(13-16)15-9-5-2-6-10-15;1-2(3)4;2-1(3)4;/h1-13,19H;1H3,(H,3,4);(H5,2,3,4);1H2. The van der Waals surface area contributed by atoms with Crippen molar-refractivity contribution in [2.24, 2.45) is 11.5 Å². The minimum atomic E-state index is -0.833. The SMILES string of the molecule is CC(=O)O.N=C(N)N.Oc1ccc(-c2ccccc2)c(-c2ccccc2)c1.S. The van der Waals surface area contributed by atoms with Crippen LogP contribution in [0, 0.1) is 5.41 Å². The van der Waals surface area contributed by atoms with Gasteiger partial charge in [0, 0.05) is 6.92 Å². The molecule has 3 rings (SSSR count). The van der Waals surface area contributed by atoms with E-state index in [4.69, 9.17) is 15.3 Å². The van der Waals surface area contributed by atoms with Crippen molar-refractivity contribution in [1.82, 2.24) is 0 Å². The second-order valence-corrected chi connectivity index (χ2v) is 5.44. The van der Waals surface area contributed by atoms with Gasteiger partial charge in [0.15, 0.2) is 5.96 Å². The van der Waals surface area contributed by atoms with Crippen LogP contribution >= 0.6 is 13.5 Å². The highest BCUT2D eigenvalue weighted by molar-refractivity contribution is 7.59. The van der Waals surface area contributed by atoms with Gasteiger partial charge < -0.3 is 21.7 Å². The first-order chi connectivity index (χ1) is 12.8. The summed E-state index contributed by atoms with van der Waals surface area (Å²) < 4.78 is 0. The summed E-state index contributed by atoms with van der Waals surface area (Å²) in [7, 11) is 0. The van der Waals surface area contributed by atoms with E-state index < -0.39 is 5.97 Å². The van der Waals surface area contributed by atoms with Crippen LogP contribution < -0.4 is 11.5 Å². The molecule has 0 amide bonds. The maximum atomic E-state index is 9.75. The number of carbonyl (C=O) groups is 1. The molecular formula is C21H25N3O3S. The molecule has 28 heavy (non-hydrogen) atoms. The highest BCUT2D eigenvalue weighted by atomic mass is 32.1. The molecular weight excluding hydrogens is 374 g/mol. The summed E-state index contributed by atoms with van der Waals surface area (Å²) >= 11 is 0. The lowest BCUT2D eigenvalue weighted by Crippen LogP contribution is -2.20. The third-order valence-electron chi connectivity index (χ3n) is 3.17. The normalized spacial score (nSPS) is 8.75. The topological polar surface area (TPSA) is 133 Å². The van der Waals surface area contributed by atoms with E-state index >= 15 is 0 Å². The van der Waals surface area contributed by atoms with Gasteiger partial charge in [-0.05, 0) is 34.4 Å². The first-order valence-electron chi connectivity index (χ1n) is 8.04. The Hall–Kier alpha value is -3.45. The largest absolute Gasteiger partial charge is 0.508 e. The van der Waals surface area contributed by atoms with E-state index in [2.05, 4.69) is 35.7 Å². The number of nitrogens with two attached hydrogens (primary N) is 2. The van der Waals surface area contributed by atoms with Crippen molar-refractivity contribution in [3.8, 4) is 28.0 Å². The van der Waals surface area contributed by atoms with Gasteiger partial charge in [-0.25, -0.2) is 0 Å². The molecule has 0 spiro atoms. The summed E-state index contributed by atoms with van der Waals surface area (Å²) in [6.07, 6.45) is 0. The van der Waals surface area contributed by atoms with Gasteiger partial charge in [0.25, 0.3) is 5.97 Å². The Morgan fingerprint density at radius 3 is 1.57 bits per heavy atom. The van der Waals surface area contributed by atoms with E-state index in [-0.39, 0.29) is 19.5 Å². The molecule has 0 atom stereocenters. The zero-order chi connectivity index (χ0) is 20.2. The zero-order valence-electron chi connectivity index (χ0n) is 15.5. The summed E-state index contributed by atoms with van der Waals surface area (Å²) in [5.41, 5.74) is 13.4. The van der Waals surface area contributed by atoms with Crippen molar-refractivity contribution in [2.75, 3.05) is 0 Å². The molecule has 0 aliphatic rings. The maximum absolute atomic E-state index is 9.75. The number of hydrogen-bond donors (Lipinski definition) is 5. The number of guanidine groups is 1.